The van der Waals surface area contributed by atoms with Crippen LogP contribution in [0.1, 0.15) is 52.4 Å². The average Bonchev–Trinajstić information content (AvgIpc) is 2.37. The van der Waals surface area contributed by atoms with Crippen LogP contribution in [-0.4, -0.2) is 22.6 Å². The van der Waals surface area contributed by atoms with Gasteiger partial charge in [0.05, 0.1) is 0 Å². The molecule has 0 bridgehead atoms. The SMILES string of the molecule is CCCCCCCC.O=C(O)N1C=CC=CC1. The molecule has 3 nitrogen and oxygen atoms in total. The monoisotopic (exact) mass is 239 g/mol. The van der Waals surface area contributed by atoms with E-state index in [0.717, 1.165) is 0 Å². The molecule has 0 fully saturated rings. The van der Waals surface area contributed by atoms with Crippen LogP contribution < -0.4 is 0 Å². The third kappa shape index (κ3) is 9.67. The number of unbranched alkanes of at least 4 members (excludes halogenated alkanes) is 5. The highest BCUT2D eigenvalue weighted by molar-refractivity contribution is 5.66. The van der Waals surface area contributed by atoms with E-state index in [-0.39, 0.29) is 0 Å². The highest BCUT2D eigenvalue weighted by Crippen LogP contribution is 2.03. The number of nitrogens with zero attached hydrogens (tertiary/aromatic N) is 1. The molecule has 1 amide bonds. The van der Waals surface area contributed by atoms with Crippen molar-refractivity contribution in [2.24, 2.45) is 0 Å². The predicted octanol–water partition coefficient (Wildman–Crippen LogP) is 4.42. The predicted molar refractivity (Wildman–Crippen MR) is 72.1 cm³/mol. The van der Waals surface area contributed by atoms with Crippen LogP contribution >= 0.6 is 0 Å². The summed E-state index contributed by atoms with van der Waals surface area (Å²) in [4.78, 5) is 11.4. The Morgan fingerprint density at radius 1 is 1.12 bits per heavy atom. The van der Waals surface area contributed by atoms with Crippen molar-refractivity contribution in [3.8, 4) is 0 Å². The molecule has 0 aliphatic carbocycles. The van der Waals surface area contributed by atoms with Crippen molar-refractivity contribution < 1.29 is 9.90 Å². The number of rotatable bonds is 5. The molecule has 0 unspecified atom stereocenters. The first-order valence-corrected chi connectivity index (χ1v) is 6.55. The Kier molecular flexibility index (Phi) is 10.4. The molecule has 1 heterocycles. The quantitative estimate of drug-likeness (QED) is 0.721. The van der Waals surface area contributed by atoms with Gasteiger partial charge in [-0.25, -0.2) is 4.79 Å². The Balaban J connectivity index is 0.000000304. The number of allylic oxidation sites excluding steroid dienone is 2. The molecule has 1 aliphatic rings. The Hall–Kier alpha value is -1.25. The average molecular weight is 239 g/mol. The van der Waals surface area contributed by atoms with Gasteiger partial charge in [-0.05, 0) is 6.08 Å². The first-order chi connectivity index (χ1) is 8.22. The second-order valence-electron chi connectivity index (χ2n) is 4.12. The highest BCUT2D eigenvalue weighted by atomic mass is 16.4. The smallest absolute Gasteiger partial charge is 0.411 e. The molecule has 0 saturated heterocycles. The minimum absolute atomic E-state index is 0.464. The largest absolute Gasteiger partial charge is 0.465 e. The molecule has 98 valence electrons. The Morgan fingerprint density at radius 2 is 1.71 bits per heavy atom. The lowest BCUT2D eigenvalue weighted by Gasteiger charge is -2.12. The second kappa shape index (κ2) is 11.2. The van der Waals surface area contributed by atoms with E-state index >= 15 is 0 Å². The van der Waals surface area contributed by atoms with E-state index in [1.165, 1.54) is 49.6 Å². The number of hydrogen-bond donors (Lipinski definition) is 1. The number of carboxylic acid groups (broad SMARTS) is 1. The van der Waals surface area contributed by atoms with E-state index in [1.807, 2.05) is 6.08 Å². The summed E-state index contributed by atoms with van der Waals surface area (Å²) >= 11 is 0. The maximum atomic E-state index is 10.2. The molecule has 0 atom stereocenters. The summed E-state index contributed by atoms with van der Waals surface area (Å²) in [7, 11) is 0. The lowest BCUT2D eigenvalue weighted by Crippen LogP contribution is -2.24. The summed E-state index contributed by atoms with van der Waals surface area (Å²) in [6.07, 6.45) is 14.4. The molecule has 0 saturated carbocycles. The van der Waals surface area contributed by atoms with Crippen LogP contribution in [0, 0.1) is 0 Å². The van der Waals surface area contributed by atoms with Crippen molar-refractivity contribution in [1.29, 1.82) is 0 Å². The first-order valence-electron chi connectivity index (χ1n) is 6.55. The Labute approximate surface area is 105 Å². The van der Waals surface area contributed by atoms with Crippen LogP contribution in [0.15, 0.2) is 24.4 Å². The summed E-state index contributed by atoms with van der Waals surface area (Å²) in [6, 6.07) is 0. The summed E-state index contributed by atoms with van der Waals surface area (Å²) < 4.78 is 0. The lowest BCUT2D eigenvalue weighted by atomic mass is 10.1. The van der Waals surface area contributed by atoms with Gasteiger partial charge in [-0.1, -0.05) is 64.5 Å². The molecule has 0 aromatic carbocycles. The maximum Gasteiger partial charge on any atom is 0.411 e. The molecular weight excluding hydrogens is 214 g/mol. The summed E-state index contributed by atoms with van der Waals surface area (Å²) in [5.41, 5.74) is 0. The van der Waals surface area contributed by atoms with Gasteiger partial charge in [0.15, 0.2) is 0 Å². The molecular formula is C14H25NO2. The second-order valence-corrected chi connectivity index (χ2v) is 4.12. The normalized spacial score (nSPS) is 13.2. The van der Waals surface area contributed by atoms with Crippen LogP contribution in [0.5, 0.6) is 0 Å². The van der Waals surface area contributed by atoms with E-state index in [4.69, 9.17) is 5.11 Å². The van der Waals surface area contributed by atoms with Crippen LogP contribution in [0.2, 0.25) is 0 Å². The van der Waals surface area contributed by atoms with Gasteiger partial charge in [0, 0.05) is 12.7 Å². The number of hydrogen-bond acceptors (Lipinski definition) is 1. The van der Waals surface area contributed by atoms with Gasteiger partial charge in [0.1, 0.15) is 0 Å². The van der Waals surface area contributed by atoms with Crippen LogP contribution in [0.25, 0.3) is 0 Å². The molecule has 0 radical (unpaired) electrons. The zero-order chi connectivity index (χ0) is 12.9. The van der Waals surface area contributed by atoms with Crippen LogP contribution in [-0.2, 0) is 0 Å². The molecule has 0 spiro atoms. The summed E-state index contributed by atoms with van der Waals surface area (Å²) in [6.45, 7) is 4.98. The number of amides is 1. The molecule has 17 heavy (non-hydrogen) atoms. The van der Waals surface area contributed by atoms with E-state index < -0.39 is 6.09 Å². The molecule has 1 N–H and O–H groups in total. The molecule has 1 aliphatic heterocycles. The fraction of sp³-hybridized carbons (Fsp3) is 0.643. The van der Waals surface area contributed by atoms with Gasteiger partial charge < -0.3 is 5.11 Å². The Bertz CT molecular complexity index is 241. The molecule has 0 aromatic rings. The van der Waals surface area contributed by atoms with Crippen molar-refractivity contribution in [1.82, 2.24) is 4.90 Å². The van der Waals surface area contributed by atoms with Gasteiger partial charge in [0.25, 0.3) is 0 Å². The highest BCUT2D eigenvalue weighted by Gasteiger charge is 2.05. The van der Waals surface area contributed by atoms with E-state index in [9.17, 15) is 4.79 Å². The molecule has 0 aromatic heterocycles. The fourth-order valence-electron chi connectivity index (χ4n) is 1.46. The summed E-state index contributed by atoms with van der Waals surface area (Å²) in [5.74, 6) is 0. The minimum Gasteiger partial charge on any atom is -0.465 e. The van der Waals surface area contributed by atoms with Crippen molar-refractivity contribution in [3.05, 3.63) is 24.4 Å². The number of carbonyl (C=O) groups is 1. The van der Waals surface area contributed by atoms with Crippen molar-refractivity contribution in [2.75, 3.05) is 6.54 Å². The van der Waals surface area contributed by atoms with E-state index in [1.54, 1.807) is 12.2 Å². The third-order valence-electron chi connectivity index (χ3n) is 2.52. The minimum atomic E-state index is -0.907. The van der Waals surface area contributed by atoms with E-state index in [0.29, 0.717) is 6.54 Å². The van der Waals surface area contributed by atoms with Gasteiger partial charge in [-0.3, -0.25) is 4.90 Å². The van der Waals surface area contributed by atoms with Crippen molar-refractivity contribution >= 4 is 6.09 Å². The van der Waals surface area contributed by atoms with Gasteiger partial charge in [0.2, 0.25) is 0 Å². The Morgan fingerprint density at radius 3 is 2.00 bits per heavy atom. The first kappa shape index (κ1) is 15.8. The lowest BCUT2D eigenvalue weighted by molar-refractivity contribution is 0.166. The van der Waals surface area contributed by atoms with Gasteiger partial charge >= 0.3 is 6.09 Å². The third-order valence-corrected chi connectivity index (χ3v) is 2.52. The van der Waals surface area contributed by atoms with Gasteiger partial charge in [-0.15, -0.1) is 0 Å². The van der Waals surface area contributed by atoms with Crippen molar-refractivity contribution in [2.45, 2.75) is 52.4 Å². The fourth-order valence-corrected chi connectivity index (χ4v) is 1.46. The van der Waals surface area contributed by atoms with E-state index in [2.05, 4.69) is 13.8 Å². The summed E-state index contributed by atoms with van der Waals surface area (Å²) in [5, 5.41) is 8.38. The molecule has 1 rings (SSSR count). The van der Waals surface area contributed by atoms with Crippen LogP contribution in [0.3, 0.4) is 0 Å². The van der Waals surface area contributed by atoms with Crippen LogP contribution in [0.4, 0.5) is 4.79 Å². The zero-order valence-corrected chi connectivity index (χ0v) is 11.1. The molecule has 3 heteroatoms. The zero-order valence-electron chi connectivity index (χ0n) is 11.1. The maximum absolute atomic E-state index is 10.2. The topological polar surface area (TPSA) is 40.5 Å². The standard InChI is InChI=1S/C8H18.C6H7NO2/c1-3-5-7-8-6-4-2;8-6(9)7-4-2-1-3-5-7/h3-8H2,1-2H3;1-4H,5H2,(H,8,9). The van der Waals surface area contributed by atoms with Gasteiger partial charge in [-0.2, -0.15) is 0 Å². The van der Waals surface area contributed by atoms with Crippen molar-refractivity contribution in [3.63, 3.8) is 0 Å².